The van der Waals surface area contributed by atoms with E-state index in [1.165, 1.54) is 24.2 Å². The van der Waals surface area contributed by atoms with Crippen LogP contribution in [-0.4, -0.2) is 37.6 Å². The number of carbonyl (C=O) groups is 1. The Bertz CT molecular complexity index is 878. The number of aromatic nitrogens is 4. The molecule has 24 heavy (non-hydrogen) atoms. The van der Waals surface area contributed by atoms with Gasteiger partial charge >= 0.3 is 0 Å². The van der Waals surface area contributed by atoms with Crippen LogP contribution < -0.4 is 4.90 Å². The maximum absolute atomic E-state index is 13.9. The van der Waals surface area contributed by atoms with E-state index in [2.05, 4.69) is 19.9 Å². The number of thioether (sulfide) groups is 1. The molecule has 6 nitrogen and oxygen atoms in total. The smallest absolute Gasteiger partial charge is 0.240 e. The Morgan fingerprint density at radius 1 is 1.29 bits per heavy atom. The first-order chi connectivity index (χ1) is 11.6. The minimum Gasteiger partial charge on any atom is -0.330 e. The van der Waals surface area contributed by atoms with Crippen LogP contribution in [0.2, 0.25) is 0 Å². The molecule has 3 heterocycles. The summed E-state index contributed by atoms with van der Waals surface area (Å²) in [6.07, 6.45) is 3.46. The third kappa shape index (κ3) is 2.50. The van der Waals surface area contributed by atoms with Crippen molar-refractivity contribution in [1.82, 2.24) is 19.9 Å². The van der Waals surface area contributed by atoms with Crippen molar-refractivity contribution in [3.05, 3.63) is 42.4 Å². The summed E-state index contributed by atoms with van der Waals surface area (Å²) < 4.78 is 27.8. The van der Waals surface area contributed by atoms with Crippen LogP contribution in [0, 0.1) is 11.6 Å². The van der Waals surface area contributed by atoms with Crippen molar-refractivity contribution in [3.63, 3.8) is 0 Å². The molecule has 0 aliphatic carbocycles. The molecule has 1 aliphatic rings. The average molecular weight is 347 g/mol. The van der Waals surface area contributed by atoms with Crippen molar-refractivity contribution in [2.45, 2.75) is 16.8 Å². The summed E-state index contributed by atoms with van der Waals surface area (Å²) in [5.41, 5.74) is 0.887. The van der Waals surface area contributed by atoms with Crippen LogP contribution in [0.4, 0.5) is 14.5 Å². The summed E-state index contributed by atoms with van der Waals surface area (Å²) in [6, 6.07) is 3.56. The third-order valence-electron chi connectivity index (χ3n) is 3.76. The molecule has 1 fully saturated rings. The van der Waals surface area contributed by atoms with Gasteiger partial charge in [-0.25, -0.2) is 23.7 Å². The van der Waals surface area contributed by atoms with Gasteiger partial charge < -0.3 is 9.88 Å². The number of imidazole rings is 1. The molecule has 1 N–H and O–H groups in total. The molecule has 0 spiro atoms. The van der Waals surface area contributed by atoms with Gasteiger partial charge in [-0.15, -0.1) is 0 Å². The van der Waals surface area contributed by atoms with E-state index in [4.69, 9.17) is 0 Å². The molecule has 1 amide bonds. The Hall–Kier alpha value is -2.55. The number of aromatic amines is 1. The highest BCUT2D eigenvalue weighted by atomic mass is 32.2. The molecular formula is C15H11F2N5OS. The average Bonchev–Trinajstić information content (AvgIpc) is 3.12. The largest absolute Gasteiger partial charge is 0.330 e. The highest BCUT2D eigenvalue weighted by molar-refractivity contribution is 8.00. The second kappa shape index (κ2) is 5.82. The number of hydrogen-bond acceptors (Lipinski definition) is 5. The SMILES string of the molecule is O=C1[C@@H](Sc2nc3ncncc3[nH]2)CCN1c1c(F)cccc1F. The standard InChI is InChI=1S/C15H11F2N5OS/c16-8-2-1-3-9(17)12(8)22-5-4-11(14(22)23)24-15-20-10-6-18-7-19-13(10)21-15/h1-3,6-7,11H,4-5H2,(H,18,19,20,21)/t11-/m0/s1. The number of para-hydroxylation sites is 1. The lowest BCUT2D eigenvalue weighted by Gasteiger charge is -2.17. The summed E-state index contributed by atoms with van der Waals surface area (Å²) in [7, 11) is 0. The van der Waals surface area contributed by atoms with E-state index in [9.17, 15) is 13.6 Å². The zero-order valence-corrected chi connectivity index (χ0v) is 13.1. The third-order valence-corrected chi connectivity index (χ3v) is 4.90. The predicted octanol–water partition coefficient (Wildman–Crippen LogP) is 2.53. The Morgan fingerprint density at radius 3 is 2.83 bits per heavy atom. The van der Waals surface area contributed by atoms with Crippen molar-refractivity contribution in [2.75, 3.05) is 11.4 Å². The number of H-pyrrole nitrogens is 1. The van der Waals surface area contributed by atoms with E-state index in [1.54, 1.807) is 6.20 Å². The zero-order valence-electron chi connectivity index (χ0n) is 12.2. The fourth-order valence-electron chi connectivity index (χ4n) is 2.66. The van der Waals surface area contributed by atoms with E-state index in [0.717, 1.165) is 17.0 Å². The molecule has 122 valence electrons. The lowest BCUT2D eigenvalue weighted by atomic mass is 10.2. The Balaban J connectivity index is 1.57. The van der Waals surface area contributed by atoms with Gasteiger partial charge in [0, 0.05) is 6.54 Å². The van der Waals surface area contributed by atoms with Gasteiger partial charge in [-0.3, -0.25) is 4.79 Å². The zero-order chi connectivity index (χ0) is 16.7. The van der Waals surface area contributed by atoms with Crippen LogP contribution in [0.25, 0.3) is 11.2 Å². The number of nitrogens with zero attached hydrogens (tertiary/aromatic N) is 4. The van der Waals surface area contributed by atoms with Crippen LogP contribution in [0.15, 0.2) is 35.9 Å². The first-order valence-electron chi connectivity index (χ1n) is 7.21. The number of hydrogen-bond donors (Lipinski definition) is 1. The topological polar surface area (TPSA) is 74.8 Å². The monoisotopic (exact) mass is 347 g/mol. The molecule has 1 saturated heterocycles. The summed E-state index contributed by atoms with van der Waals surface area (Å²) in [4.78, 5) is 28.9. The quantitative estimate of drug-likeness (QED) is 0.788. The molecule has 3 aromatic rings. The van der Waals surface area contributed by atoms with Crippen LogP contribution in [0.5, 0.6) is 0 Å². The predicted molar refractivity (Wildman–Crippen MR) is 84.7 cm³/mol. The van der Waals surface area contributed by atoms with Crippen LogP contribution in [0.3, 0.4) is 0 Å². The maximum atomic E-state index is 13.9. The highest BCUT2D eigenvalue weighted by Gasteiger charge is 2.36. The lowest BCUT2D eigenvalue weighted by Crippen LogP contribution is -2.29. The fraction of sp³-hybridized carbons (Fsp3) is 0.200. The lowest BCUT2D eigenvalue weighted by molar-refractivity contribution is -0.116. The van der Waals surface area contributed by atoms with Crippen molar-refractivity contribution in [3.8, 4) is 0 Å². The van der Waals surface area contributed by atoms with Crippen molar-refractivity contribution in [2.24, 2.45) is 0 Å². The van der Waals surface area contributed by atoms with Gasteiger partial charge in [-0.1, -0.05) is 17.8 Å². The van der Waals surface area contributed by atoms with Gasteiger partial charge in [0.05, 0.1) is 11.4 Å². The van der Waals surface area contributed by atoms with E-state index in [0.29, 0.717) is 22.7 Å². The van der Waals surface area contributed by atoms with E-state index in [-0.39, 0.29) is 18.1 Å². The normalized spacial score (nSPS) is 17.8. The Kier molecular flexibility index (Phi) is 3.64. The molecule has 0 radical (unpaired) electrons. The second-order valence-corrected chi connectivity index (χ2v) is 6.45. The van der Waals surface area contributed by atoms with E-state index < -0.39 is 16.9 Å². The number of nitrogens with one attached hydrogen (secondary N) is 1. The maximum Gasteiger partial charge on any atom is 0.240 e. The molecule has 0 unspecified atom stereocenters. The molecular weight excluding hydrogens is 336 g/mol. The fourth-order valence-corrected chi connectivity index (χ4v) is 3.69. The number of carbonyl (C=O) groups excluding carboxylic acids is 1. The van der Waals surface area contributed by atoms with Crippen LogP contribution in [-0.2, 0) is 4.79 Å². The molecule has 1 aliphatic heterocycles. The molecule has 1 aromatic carbocycles. The Labute approximate surface area is 139 Å². The van der Waals surface area contributed by atoms with Crippen LogP contribution >= 0.6 is 11.8 Å². The van der Waals surface area contributed by atoms with Crippen molar-refractivity contribution < 1.29 is 13.6 Å². The van der Waals surface area contributed by atoms with Crippen molar-refractivity contribution in [1.29, 1.82) is 0 Å². The van der Waals surface area contributed by atoms with Gasteiger partial charge in [0.15, 0.2) is 10.8 Å². The van der Waals surface area contributed by atoms with Gasteiger partial charge in [0.25, 0.3) is 0 Å². The summed E-state index contributed by atoms with van der Waals surface area (Å²) in [6.45, 7) is 0.258. The number of amides is 1. The highest BCUT2D eigenvalue weighted by Crippen LogP contribution is 2.34. The molecule has 4 rings (SSSR count). The summed E-state index contributed by atoms with van der Waals surface area (Å²) >= 11 is 1.22. The van der Waals surface area contributed by atoms with Crippen molar-refractivity contribution >= 4 is 34.5 Å². The first kappa shape index (κ1) is 15.0. The van der Waals surface area contributed by atoms with Gasteiger partial charge in [0.2, 0.25) is 5.91 Å². The second-order valence-electron chi connectivity index (χ2n) is 5.26. The summed E-state index contributed by atoms with van der Waals surface area (Å²) in [5, 5.41) is 0.0669. The van der Waals surface area contributed by atoms with E-state index >= 15 is 0 Å². The van der Waals surface area contributed by atoms with Gasteiger partial charge in [-0.05, 0) is 18.6 Å². The molecule has 0 bridgehead atoms. The van der Waals surface area contributed by atoms with E-state index in [1.807, 2.05) is 0 Å². The number of anilines is 1. The van der Waals surface area contributed by atoms with Gasteiger partial charge in [0.1, 0.15) is 29.2 Å². The Morgan fingerprint density at radius 2 is 2.08 bits per heavy atom. The first-order valence-corrected chi connectivity index (χ1v) is 8.09. The number of fused-ring (bicyclic) bond motifs is 1. The molecule has 1 atom stereocenters. The minimum atomic E-state index is -0.743. The number of benzene rings is 1. The number of halogens is 2. The molecule has 2 aromatic heterocycles. The minimum absolute atomic E-state index is 0.258. The molecule has 9 heteroatoms. The summed E-state index contributed by atoms with van der Waals surface area (Å²) in [5.74, 6) is -1.82. The van der Waals surface area contributed by atoms with Gasteiger partial charge in [-0.2, -0.15) is 0 Å². The molecule has 0 saturated carbocycles. The number of rotatable bonds is 3. The van der Waals surface area contributed by atoms with Crippen LogP contribution in [0.1, 0.15) is 6.42 Å².